The molecule has 0 aromatic carbocycles. The zero-order valence-corrected chi connectivity index (χ0v) is 10.6. The fourth-order valence-electron chi connectivity index (χ4n) is 2.67. The maximum Gasteiger partial charge on any atom is 0.416 e. The average Bonchev–Trinajstić information content (AvgIpc) is 2.78. The van der Waals surface area contributed by atoms with Crippen LogP contribution in [-0.4, -0.2) is 60.6 Å². The second-order valence-electron chi connectivity index (χ2n) is 4.86. The summed E-state index contributed by atoms with van der Waals surface area (Å²) < 4.78 is 4.78. The Labute approximate surface area is 107 Å². The van der Waals surface area contributed by atoms with Crippen molar-refractivity contribution in [1.82, 2.24) is 9.80 Å². The van der Waals surface area contributed by atoms with E-state index in [1.54, 1.807) is 0 Å². The molecule has 2 heterocycles. The lowest BCUT2D eigenvalue weighted by Crippen LogP contribution is -2.47. The summed E-state index contributed by atoms with van der Waals surface area (Å²) in [5, 5.41) is 0. The molecule has 0 aromatic rings. The van der Waals surface area contributed by atoms with Crippen molar-refractivity contribution >= 4 is 12.0 Å². The number of amides is 2. The van der Waals surface area contributed by atoms with Crippen LogP contribution in [0.1, 0.15) is 25.7 Å². The van der Waals surface area contributed by atoms with Gasteiger partial charge in [-0.25, -0.2) is 9.69 Å². The zero-order chi connectivity index (χ0) is 13.0. The van der Waals surface area contributed by atoms with E-state index in [1.165, 1.54) is 11.3 Å². The highest BCUT2D eigenvalue weighted by Gasteiger charge is 2.31. The number of hydrogen-bond donors (Lipinski definition) is 1. The van der Waals surface area contributed by atoms with Gasteiger partial charge in [0.15, 0.2) is 0 Å². The Morgan fingerprint density at radius 1 is 1.39 bits per heavy atom. The molecule has 18 heavy (non-hydrogen) atoms. The fraction of sp³-hybridized carbons (Fsp3) is 0.833. The summed E-state index contributed by atoms with van der Waals surface area (Å²) in [6.45, 7) is 2.56. The van der Waals surface area contributed by atoms with E-state index in [1.807, 2.05) is 0 Å². The van der Waals surface area contributed by atoms with Gasteiger partial charge in [0, 0.05) is 6.04 Å². The molecule has 0 aromatic heterocycles. The summed E-state index contributed by atoms with van der Waals surface area (Å²) in [6, 6.07) is 0.381. The molecule has 2 aliphatic rings. The Balaban J connectivity index is 1.89. The molecule has 0 aliphatic carbocycles. The predicted molar refractivity (Wildman–Crippen MR) is 65.9 cm³/mol. The van der Waals surface area contributed by atoms with Crippen LogP contribution in [0.3, 0.4) is 0 Å². The average molecular weight is 255 g/mol. The van der Waals surface area contributed by atoms with Crippen LogP contribution in [0.2, 0.25) is 0 Å². The van der Waals surface area contributed by atoms with Crippen molar-refractivity contribution in [3.05, 3.63) is 0 Å². The molecule has 0 saturated carbocycles. The molecule has 2 amide bonds. The van der Waals surface area contributed by atoms with E-state index in [0.29, 0.717) is 32.3 Å². The Hall–Kier alpha value is -1.14. The van der Waals surface area contributed by atoms with Crippen LogP contribution in [0.4, 0.5) is 4.79 Å². The van der Waals surface area contributed by atoms with Crippen LogP contribution in [0.25, 0.3) is 0 Å². The number of imide groups is 1. The molecule has 2 N–H and O–H groups in total. The highest BCUT2D eigenvalue weighted by Crippen LogP contribution is 2.19. The summed E-state index contributed by atoms with van der Waals surface area (Å²) in [5.41, 5.74) is 5.60. The molecule has 2 fully saturated rings. The van der Waals surface area contributed by atoms with Crippen molar-refractivity contribution in [3.8, 4) is 0 Å². The van der Waals surface area contributed by atoms with Gasteiger partial charge in [0.1, 0.15) is 6.61 Å². The first kappa shape index (κ1) is 13.3. The number of likely N-dealkylation sites (tertiary alicyclic amines) is 1. The van der Waals surface area contributed by atoms with Gasteiger partial charge < -0.3 is 10.5 Å². The number of rotatable bonds is 4. The van der Waals surface area contributed by atoms with Crippen molar-refractivity contribution in [2.75, 3.05) is 32.8 Å². The van der Waals surface area contributed by atoms with Crippen LogP contribution >= 0.6 is 0 Å². The van der Waals surface area contributed by atoms with Gasteiger partial charge in [-0.15, -0.1) is 0 Å². The molecule has 1 unspecified atom stereocenters. The molecule has 2 aliphatic heterocycles. The number of nitrogens with two attached hydrogens (primary N) is 1. The SMILES string of the molecule is NCCC1CCCCN1CC(=O)N1CCOC1=O. The minimum atomic E-state index is -0.507. The smallest absolute Gasteiger partial charge is 0.416 e. The van der Waals surface area contributed by atoms with E-state index >= 15 is 0 Å². The number of cyclic esters (lactones) is 1. The molecule has 1 atom stereocenters. The van der Waals surface area contributed by atoms with Crippen molar-refractivity contribution in [3.63, 3.8) is 0 Å². The number of nitrogens with zero attached hydrogens (tertiary/aromatic N) is 2. The minimum Gasteiger partial charge on any atom is -0.447 e. The molecule has 2 rings (SSSR count). The number of piperidine rings is 1. The monoisotopic (exact) mass is 255 g/mol. The van der Waals surface area contributed by atoms with Crippen molar-refractivity contribution < 1.29 is 14.3 Å². The molecule has 0 bridgehead atoms. The topological polar surface area (TPSA) is 75.9 Å². The lowest BCUT2D eigenvalue weighted by Gasteiger charge is -2.35. The highest BCUT2D eigenvalue weighted by atomic mass is 16.6. The van der Waals surface area contributed by atoms with E-state index in [0.717, 1.165) is 25.8 Å². The van der Waals surface area contributed by atoms with Gasteiger partial charge in [-0.2, -0.15) is 0 Å². The Morgan fingerprint density at radius 2 is 2.22 bits per heavy atom. The van der Waals surface area contributed by atoms with Gasteiger partial charge in [0.05, 0.1) is 13.1 Å². The minimum absolute atomic E-state index is 0.151. The van der Waals surface area contributed by atoms with Crippen LogP contribution < -0.4 is 5.73 Å². The number of hydrogen-bond acceptors (Lipinski definition) is 5. The van der Waals surface area contributed by atoms with Crippen molar-refractivity contribution in [2.45, 2.75) is 31.7 Å². The third-order valence-corrected chi connectivity index (χ3v) is 3.65. The normalized spacial score (nSPS) is 25.3. The van der Waals surface area contributed by atoms with E-state index in [9.17, 15) is 9.59 Å². The molecular formula is C12H21N3O3. The lowest BCUT2D eigenvalue weighted by molar-refractivity contribution is -0.129. The first-order chi connectivity index (χ1) is 8.72. The van der Waals surface area contributed by atoms with E-state index in [2.05, 4.69) is 4.90 Å². The van der Waals surface area contributed by atoms with Gasteiger partial charge in [-0.3, -0.25) is 9.69 Å². The molecule has 6 nitrogen and oxygen atoms in total. The molecule has 2 saturated heterocycles. The molecule has 0 radical (unpaired) electrons. The van der Waals surface area contributed by atoms with Gasteiger partial charge in [-0.1, -0.05) is 6.42 Å². The summed E-state index contributed by atoms with van der Waals surface area (Å²) in [4.78, 5) is 26.7. The molecule has 102 valence electrons. The zero-order valence-electron chi connectivity index (χ0n) is 10.6. The highest BCUT2D eigenvalue weighted by molar-refractivity contribution is 5.94. The van der Waals surface area contributed by atoms with Crippen molar-refractivity contribution in [1.29, 1.82) is 0 Å². The number of carbonyl (C=O) groups excluding carboxylic acids is 2. The third kappa shape index (κ3) is 3.00. The van der Waals surface area contributed by atoms with Crippen molar-refractivity contribution in [2.24, 2.45) is 5.73 Å². The maximum absolute atomic E-state index is 12.0. The summed E-state index contributed by atoms with van der Waals surface area (Å²) in [6.07, 6.45) is 3.81. The Kier molecular flexibility index (Phi) is 4.54. The largest absolute Gasteiger partial charge is 0.447 e. The Morgan fingerprint density at radius 3 is 2.89 bits per heavy atom. The van der Waals surface area contributed by atoms with Crippen LogP contribution in [-0.2, 0) is 9.53 Å². The number of carbonyl (C=O) groups is 2. The van der Waals surface area contributed by atoms with E-state index in [4.69, 9.17) is 10.5 Å². The first-order valence-electron chi connectivity index (χ1n) is 6.63. The summed E-state index contributed by atoms with van der Waals surface area (Å²) in [5.74, 6) is -0.151. The maximum atomic E-state index is 12.0. The predicted octanol–water partition coefficient (Wildman–Crippen LogP) is 0.169. The third-order valence-electron chi connectivity index (χ3n) is 3.65. The van der Waals surface area contributed by atoms with Crippen LogP contribution in [0, 0.1) is 0 Å². The van der Waals surface area contributed by atoms with Crippen LogP contribution in [0.15, 0.2) is 0 Å². The van der Waals surface area contributed by atoms with E-state index < -0.39 is 6.09 Å². The first-order valence-corrected chi connectivity index (χ1v) is 6.63. The van der Waals surface area contributed by atoms with Crippen LogP contribution in [0.5, 0.6) is 0 Å². The second-order valence-corrected chi connectivity index (χ2v) is 4.86. The number of ether oxygens (including phenoxy) is 1. The van der Waals surface area contributed by atoms with Gasteiger partial charge in [0.25, 0.3) is 0 Å². The Bertz CT molecular complexity index is 320. The molecule has 6 heteroatoms. The molecule has 0 spiro atoms. The van der Waals surface area contributed by atoms with Gasteiger partial charge >= 0.3 is 6.09 Å². The van der Waals surface area contributed by atoms with Gasteiger partial charge in [-0.05, 0) is 32.4 Å². The molecular weight excluding hydrogens is 234 g/mol. The second kappa shape index (κ2) is 6.15. The standard InChI is InChI=1S/C12H21N3O3/c13-5-4-10-3-1-2-6-14(10)9-11(16)15-7-8-18-12(15)17/h10H,1-9,13H2. The lowest BCUT2D eigenvalue weighted by atomic mass is 9.99. The quantitative estimate of drug-likeness (QED) is 0.775. The van der Waals surface area contributed by atoms with E-state index in [-0.39, 0.29) is 5.91 Å². The van der Waals surface area contributed by atoms with Gasteiger partial charge in [0.2, 0.25) is 5.91 Å². The summed E-state index contributed by atoms with van der Waals surface area (Å²) >= 11 is 0. The fourth-order valence-corrected chi connectivity index (χ4v) is 2.67. The summed E-state index contributed by atoms with van der Waals surface area (Å²) in [7, 11) is 0.